The summed E-state index contributed by atoms with van der Waals surface area (Å²) in [5.74, 6) is 3.32. The van der Waals surface area contributed by atoms with Gasteiger partial charge in [-0.3, -0.25) is 0 Å². The van der Waals surface area contributed by atoms with E-state index in [2.05, 4.69) is 25.2 Å². The van der Waals surface area contributed by atoms with E-state index < -0.39 is 0 Å². The lowest BCUT2D eigenvalue weighted by molar-refractivity contribution is -0.0566. The Balaban J connectivity index is 1.49. The Morgan fingerprint density at radius 2 is 1.61 bits per heavy atom. The summed E-state index contributed by atoms with van der Waals surface area (Å²) in [4.78, 5) is 0. The van der Waals surface area contributed by atoms with Gasteiger partial charge in [0.1, 0.15) is 0 Å². The highest BCUT2D eigenvalue weighted by molar-refractivity contribution is 5.01. The third-order valence-corrected chi connectivity index (χ3v) is 5.65. The second-order valence-corrected chi connectivity index (χ2v) is 7.65. The van der Waals surface area contributed by atoms with Gasteiger partial charge in [0, 0.05) is 6.54 Å². The van der Waals surface area contributed by atoms with Crippen LogP contribution in [0.4, 0.5) is 0 Å². The quantitative estimate of drug-likeness (QED) is 0.568. The Bertz CT molecular complexity index is 289. The zero-order valence-electron chi connectivity index (χ0n) is 12.2. The molecular formula is C17H29N. The molecular weight excluding hydrogens is 218 g/mol. The van der Waals surface area contributed by atoms with Crippen LogP contribution in [0.25, 0.3) is 0 Å². The first-order chi connectivity index (χ1) is 8.65. The van der Waals surface area contributed by atoms with Crippen LogP contribution in [0.15, 0.2) is 11.6 Å². The lowest BCUT2D eigenvalue weighted by atomic mass is 9.49. The van der Waals surface area contributed by atoms with E-state index in [1.54, 1.807) is 38.5 Å². The molecule has 0 aromatic carbocycles. The van der Waals surface area contributed by atoms with E-state index in [1.807, 2.05) is 0 Å². The third-order valence-electron chi connectivity index (χ3n) is 5.65. The summed E-state index contributed by atoms with van der Waals surface area (Å²) < 4.78 is 0. The van der Waals surface area contributed by atoms with Crippen molar-refractivity contribution in [3.05, 3.63) is 11.6 Å². The van der Waals surface area contributed by atoms with Crippen molar-refractivity contribution in [2.75, 3.05) is 13.1 Å². The van der Waals surface area contributed by atoms with Crippen molar-refractivity contribution in [1.82, 2.24) is 5.32 Å². The molecule has 4 bridgehead atoms. The van der Waals surface area contributed by atoms with Crippen molar-refractivity contribution in [3.8, 4) is 0 Å². The van der Waals surface area contributed by atoms with Crippen LogP contribution in [-0.2, 0) is 0 Å². The van der Waals surface area contributed by atoms with Crippen LogP contribution >= 0.6 is 0 Å². The molecule has 102 valence electrons. The van der Waals surface area contributed by atoms with Crippen molar-refractivity contribution in [2.45, 2.75) is 58.8 Å². The summed E-state index contributed by atoms with van der Waals surface area (Å²) in [6.45, 7) is 6.66. The Morgan fingerprint density at radius 3 is 2.11 bits per heavy atom. The van der Waals surface area contributed by atoms with E-state index in [0.29, 0.717) is 0 Å². The van der Waals surface area contributed by atoms with E-state index in [1.165, 1.54) is 18.5 Å². The fourth-order valence-electron chi connectivity index (χ4n) is 5.33. The number of allylic oxidation sites excluding steroid dienone is 1. The zero-order chi connectivity index (χ0) is 12.6. The molecule has 0 aromatic rings. The summed E-state index contributed by atoms with van der Waals surface area (Å²) in [6, 6.07) is 0. The normalized spacial score (nSPS) is 41.1. The summed E-state index contributed by atoms with van der Waals surface area (Å²) in [5.41, 5.74) is 2.18. The van der Waals surface area contributed by atoms with Crippen LogP contribution in [0, 0.1) is 23.2 Å². The first-order valence-electron chi connectivity index (χ1n) is 7.99. The van der Waals surface area contributed by atoms with Gasteiger partial charge in [-0.25, -0.2) is 0 Å². The Kier molecular flexibility index (Phi) is 3.53. The Labute approximate surface area is 112 Å². The minimum Gasteiger partial charge on any atom is -0.313 e. The molecule has 0 atom stereocenters. The summed E-state index contributed by atoms with van der Waals surface area (Å²) >= 11 is 0. The van der Waals surface area contributed by atoms with Gasteiger partial charge < -0.3 is 5.32 Å². The van der Waals surface area contributed by atoms with Gasteiger partial charge in [0.2, 0.25) is 0 Å². The minimum absolute atomic E-state index is 0.757. The SMILES string of the molecule is CC(C)=CCNCCC12CC3CC(CC(C3)C1)C2. The lowest BCUT2D eigenvalue weighted by Crippen LogP contribution is -2.47. The fourth-order valence-corrected chi connectivity index (χ4v) is 5.33. The molecule has 1 heteroatoms. The van der Waals surface area contributed by atoms with Gasteiger partial charge in [0.05, 0.1) is 0 Å². The van der Waals surface area contributed by atoms with Gasteiger partial charge in [-0.15, -0.1) is 0 Å². The van der Waals surface area contributed by atoms with Crippen molar-refractivity contribution in [1.29, 1.82) is 0 Å². The largest absolute Gasteiger partial charge is 0.313 e. The number of hydrogen-bond acceptors (Lipinski definition) is 1. The molecule has 4 aliphatic carbocycles. The zero-order valence-corrected chi connectivity index (χ0v) is 12.2. The first-order valence-corrected chi connectivity index (χ1v) is 7.99. The maximum absolute atomic E-state index is 3.62. The molecule has 4 rings (SSSR count). The van der Waals surface area contributed by atoms with E-state index >= 15 is 0 Å². The Morgan fingerprint density at radius 1 is 1.06 bits per heavy atom. The molecule has 0 heterocycles. The van der Waals surface area contributed by atoms with Gasteiger partial charge in [-0.1, -0.05) is 11.6 Å². The summed E-state index contributed by atoms with van der Waals surface area (Å²) in [7, 11) is 0. The molecule has 1 N–H and O–H groups in total. The van der Waals surface area contributed by atoms with E-state index in [4.69, 9.17) is 0 Å². The fraction of sp³-hybridized carbons (Fsp3) is 0.882. The van der Waals surface area contributed by atoms with E-state index in [9.17, 15) is 0 Å². The van der Waals surface area contributed by atoms with Crippen LogP contribution < -0.4 is 5.32 Å². The van der Waals surface area contributed by atoms with Gasteiger partial charge in [0.15, 0.2) is 0 Å². The van der Waals surface area contributed by atoms with E-state index in [-0.39, 0.29) is 0 Å². The molecule has 18 heavy (non-hydrogen) atoms. The van der Waals surface area contributed by atoms with Crippen molar-refractivity contribution in [3.63, 3.8) is 0 Å². The van der Waals surface area contributed by atoms with Crippen LogP contribution in [0.3, 0.4) is 0 Å². The molecule has 4 saturated carbocycles. The van der Waals surface area contributed by atoms with Gasteiger partial charge in [-0.2, -0.15) is 0 Å². The number of hydrogen-bond donors (Lipinski definition) is 1. The monoisotopic (exact) mass is 247 g/mol. The third kappa shape index (κ3) is 2.66. The molecule has 1 nitrogen and oxygen atoms in total. The molecule has 4 aliphatic rings. The van der Waals surface area contributed by atoms with Crippen molar-refractivity contribution >= 4 is 0 Å². The molecule has 0 saturated heterocycles. The molecule has 0 aliphatic heterocycles. The average molecular weight is 247 g/mol. The standard InChI is InChI=1S/C17H29N/c1-13(2)3-5-18-6-4-17-10-14-7-15(11-17)9-16(8-14)12-17/h3,14-16,18H,4-12H2,1-2H3. The van der Waals surface area contributed by atoms with Gasteiger partial charge in [0.25, 0.3) is 0 Å². The maximum atomic E-state index is 3.62. The molecule has 0 aromatic heterocycles. The molecule has 0 amide bonds. The smallest absolute Gasteiger partial charge is 0.0137 e. The van der Waals surface area contributed by atoms with Crippen LogP contribution in [0.1, 0.15) is 58.8 Å². The highest BCUT2D eigenvalue weighted by Crippen LogP contribution is 2.61. The van der Waals surface area contributed by atoms with Crippen LogP contribution in [-0.4, -0.2) is 13.1 Å². The second kappa shape index (κ2) is 5.00. The van der Waals surface area contributed by atoms with Crippen LogP contribution in [0.5, 0.6) is 0 Å². The summed E-state index contributed by atoms with van der Waals surface area (Å²) in [5, 5.41) is 3.62. The lowest BCUT2D eigenvalue weighted by Gasteiger charge is -2.57. The predicted octanol–water partition coefficient (Wildman–Crippen LogP) is 4.15. The van der Waals surface area contributed by atoms with E-state index in [0.717, 1.165) is 29.7 Å². The highest BCUT2D eigenvalue weighted by atomic mass is 14.8. The molecule has 0 spiro atoms. The maximum Gasteiger partial charge on any atom is 0.0137 e. The number of rotatable bonds is 5. The van der Waals surface area contributed by atoms with Gasteiger partial charge in [-0.05, 0) is 88.5 Å². The van der Waals surface area contributed by atoms with Crippen molar-refractivity contribution in [2.24, 2.45) is 23.2 Å². The molecule has 4 fully saturated rings. The van der Waals surface area contributed by atoms with Crippen LogP contribution in [0.2, 0.25) is 0 Å². The highest BCUT2D eigenvalue weighted by Gasteiger charge is 2.50. The molecule has 0 radical (unpaired) electrons. The van der Waals surface area contributed by atoms with Gasteiger partial charge >= 0.3 is 0 Å². The predicted molar refractivity (Wildman–Crippen MR) is 77.5 cm³/mol. The topological polar surface area (TPSA) is 12.0 Å². The van der Waals surface area contributed by atoms with Crippen molar-refractivity contribution < 1.29 is 0 Å². The average Bonchev–Trinajstić information content (AvgIpc) is 2.25. The Hall–Kier alpha value is -0.300. The summed E-state index contributed by atoms with van der Waals surface area (Å²) in [6.07, 6.45) is 13.1. The number of nitrogens with one attached hydrogen (secondary N) is 1. The molecule has 0 unspecified atom stereocenters. The second-order valence-electron chi connectivity index (χ2n) is 7.65. The minimum atomic E-state index is 0.757. The first kappa shape index (κ1) is 12.7.